The van der Waals surface area contributed by atoms with Gasteiger partial charge in [0.05, 0.1) is 22.9 Å². The number of pyridine rings is 2. The minimum absolute atomic E-state index is 0.903. The summed E-state index contributed by atoms with van der Waals surface area (Å²) in [4.78, 5) is 9.54. The maximum Gasteiger partial charge on any atom is 0.138 e. The third kappa shape index (κ3) is 2.47. The van der Waals surface area contributed by atoms with Gasteiger partial charge in [-0.15, -0.1) is 11.3 Å². The largest absolute Gasteiger partial charge is 0.292 e. The molecule has 0 aliphatic heterocycles. The Bertz CT molecular complexity index is 1740. The molecule has 0 radical (unpaired) electrons. The van der Waals surface area contributed by atoms with Crippen LogP contribution in [0.4, 0.5) is 0 Å². The van der Waals surface area contributed by atoms with Crippen LogP contribution in [0.25, 0.3) is 59.1 Å². The fraction of sp³-hybridized carbons (Fsp3) is 0. The second kappa shape index (κ2) is 6.74. The predicted octanol–water partition coefficient (Wildman–Crippen LogP) is 7.61. The number of hydrogen-bond donors (Lipinski definition) is 0. The number of thiophene rings is 1. The first-order valence-electron chi connectivity index (χ1n) is 10.6. The van der Waals surface area contributed by atoms with E-state index in [0.29, 0.717) is 0 Å². The second-order valence-electron chi connectivity index (χ2n) is 7.91. The van der Waals surface area contributed by atoms with Crippen LogP contribution in [0.2, 0.25) is 0 Å². The molecule has 4 heteroatoms. The third-order valence-corrected chi connectivity index (χ3v) is 7.34. The van der Waals surface area contributed by atoms with E-state index in [0.717, 1.165) is 22.5 Å². The van der Waals surface area contributed by atoms with Gasteiger partial charge in [-0.25, -0.2) is 4.98 Å². The first kappa shape index (κ1) is 17.6. The van der Waals surface area contributed by atoms with Crippen molar-refractivity contribution in [3.05, 3.63) is 103 Å². The summed E-state index contributed by atoms with van der Waals surface area (Å²) in [6.45, 7) is 0. The lowest BCUT2D eigenvalue weighted by Crippen LogP contribution is -1.98. The lowest BCUT2D eigenvalue weighted by molar-refractivity contribution is 1.08. The van der Waals surface area contributed by atoms with Crippen LogP contribution in [-0.4, -0.2) is 14.5 Å². The SMILES string of the molecule is c1cc(-c2cccc3c2sc2ccccc23)nc(-n2c3ccccc3c3ccncc32)c1. The topological polar surface area (TPSA) is 30.7 Å². The minimum atomic E-state index is 0.903. The molecule has 0 aliphatic carbocycles. The van der Waals surface area contributed by atoms with Gasteiger partial charge >= 0.3 is 0 Å². The molecule has 0 unspecified atom stereocenters. The molecule has 0 fully saturated rings. The zero-order valence-electron chi connectivity index (χ0n) is 17.1. The highest BCUT2D eigenvalue weighted by molar-refractivity contribution is 7.26. The molecular weight excluding hydrogens is 410 g/mol. The molecule has 0 amide bonds. The summed E-state index contributed by atoms with van der Waals surface area (Å²) in [7, 11) is 0. The van der Waals surface area contributed by atoms with Crippen LogP contribution in [0.1, 0.15) is 0 Å². The number of fused-ring (bicyclic) bond motifs is 6. The fourth-order valence-electron chi connectivity index (χ4n) is 4.71. The van der Waals surface area contributed by atoms with Crippen LogP contribution in [-0.2, 0) is 0 Å². The van der Waals surface area contributed by atoms with Crippen molar-refractivity contribution in [3.8, 4) is 17.1 Å². The number of para-hydroxylation sites is 1. The van der Waals surface area contributed by atoms with Crippen molar-refractivity contribution < 1.29 is 0 Å². The minimum Gasteiger partial charge on any atom is -0.292 e. The monoisotopic (exact) mass is 427 g/mol. The molecule has 0 atom stereocenters. The zero-order chi connectivity index (χ0) is 21.1. The average molecular weight is 428 g/mol. The van der Waals surface area contributed by atoms with Gasteiger partial charge in [-0.2, -0.15) is 0 Å². The summed E-state index contributed by atoms with van der Waals surface area (Å²) < 4.78 is 4.80. The van der Waals surface area contributed by atoms with Gasteiger partial charge in [0.25, 0.3) is 0 Å². The van der Waals surface area contributed by atoms with E-state index in [1.165, 1.54) is 36.5 Å². The van der Waals surface area contributed by atoms with Crippen LogP contribution >= 0.6 is 11.3 Å². The van der Waals surface area contributed by atoms with Crippen molar-refractivity contribution in [1.82, 2.24) is 14.5 Å². The molecular formula is C28H17N3S. The molecule has 4 aromatic heterocycles. The Hall–Kier alpha value is -4.02. The fourth-order valence-corrected chi connectivity index (χ4v) is 5.94. The molecule has 0 bridgehead atoms. The van der Waals surface area contributed by atoms with Crippen LogP contribution in [0.5, 0.6) is 0 Å². The van der Waals surface area contributed by atoms with Crippen LogP contribution in [0.15, 0.2) is 103 Å². The van der Waals surface area contributed by atoms with Gasteiger partial charge in [-0.1, -0.05) is 60.7 Å². The average Bonchev–Trinajstić information content (AvgIpc) is 3.40. The highest BCUT2D eigenvalue weighted by Gasteiger charge is 2.15. The summed E-state index contributed by atoms with van der Waals surface area (Å²) in [5.41, 5.74) is 4.36. The van der Waals surface area contributed by atoms with Crippen molar-refractivity contribution in [3.63, 3.8) is 0 Å². The van der Waals surface area contributed by atoms with E-state index >= 15 is 0 Å². The highest BCUT2D eigenvalue weighted by Crippen LogP contribution is 2.39. The van der Waals surface area contributed by atoms with Crippen LogP contribution < -0.4 is 0 Å². The van der Waals surface area contributed by atoms with Gasteiger partial charge < -0.3 is 0 Å². The normalized spacial score (nSPS) is 11.8. The molecule has 4 heterocycles. The number of nitrogens with zero attached hydrogens (tertiary/aromatic N) is 3. The van der Waals surface area contributed by atoms with Gasteiger partial charge in [0, 0.05) is 42.7 Å². The summed E-state index contributed by atoms with van der Waals surface area (Å²) in [5.74, 6) is 0.903. The standard InChI is InChI=1S/C28H17N3S/c1-3-12-24-18(7-1)19-15-16-29-17-25(19)31(24)27-14-6-11-23(30-27)22-10-5-9-21-20-8-2-4-13-26(20)32-28(21)22/h1-17H. The van der Waals surface area contributed by atoms with E-state index in [-0.39, 0.29) is 0 Å². The van der Waals surface area contributed by atoms with Crippen LogP contribution in [0.3, 0.4) is 0 Å². The Morgan fingerprint density at radius 1 is 0.625 bits per heavy atom. The van der Waals surface area contributed by atoms with Gasteiger partial charge in [-0.05, 0) is 30.3 Å². The molecule has 0 saturated carbocycles. The molecule has 32 heavy (non-hydrogen) atoms. The number of benzene rings is 3. The van der Waals surface area contributed by atoms with Crippen molar-refractivity contribution in [2.24, 2.45) is 0 Å². The van der Waals surface area contributed by atoms with E-state index in [4.69, 9.17) is 4.98 Å². The van der Waals surface area contributed by atoms with Gasteiger partial charge in [0.15, 0.2) is 0 Å². The molecule has 7 aromatic rings. The quantitative estimate of drug-likeness (QED) is 0.284. The number of hydrogen-bond acceptors (Lipinski definition) is 3. The van der Waals surface area contributed by atoms with Gasteiger partial charge in [-0.3, -0.25) is 9.55 Å². The summed E-state index contributed by atoms with van der Waals surface area (Å²) >= 11 is 1.83. The van der Waals surface area contributed by atoms with Gasteiger partial charge in [0.2, 0.25) is 0 Å². The van der Waals surface area contributed by atoms with E-state index in [1.807, 2.05) is 23.7 Å². The Morgan fingerprint density at radius 2 is 1.41 bits per heavy atom. The molecule has 0 aliphatic rings. The van der Waals surface area contributed by atoms with E-state index in [9.17, 15) is 0 Å². The Morgan fingerprint density at radius 3 is 2.38 bits per heavy atom. The summed E-state index contributed by atoms with van der Waals surface area (Å²) in [6.07, 6.45) is 3.78. The van der Waals surface area contributed by atoms with Crippen molar-refractivity contribution in [1.29, 1.82) is 0 Å². The van der Waals surface area contributed by atoms with Crippen molar-refractivity contribution >= 4 is 53.3 Å². The third-order valence-electron chi connectivity index (χ3n) is 6.12. The maximum absolute atomic E-state index is 5.15. The Labute approximate surface area is 188 Å². The lowest BCUT2D eigenvalue weighted by Gasteiger charge is -2.09. The molecule has 0 saturated heterocycles. The molecule has 150 valence electrons. The van der Waals surface area contributed by atoms with Crippen molar-refractivity contribution in [2.45, 2.75) is 0 Å². The number of aromatic nitrogens is 3. The second-order valence-corrected chi connectivity index (χ2v) is 8.96. The first-order valence-corrected chi connectivity index (χ1v) is 11.4. The molecule has 3 aromatic carbocycles. The zero-order valence-corrected chi connectivity index (χ0v) is 17.9. The van der Waals surface area contributed by atoms with E-state index in [1.54, 1.807) is 0 Å². The molecule has 7 rings (SSSR count). The predicted molar refractivity (Wildman–Crippen MR) is 135 cm³/mol. The Balaban J connectivity index is 1.50. The smallest absolute Gasteiger partial charge is 0.138 e. The Kier molecular flexibility index (Phi) is 3.72. The maximum atomic E-state index is 5.15. The van der Waals surface area contributed by atoms with E-state index < -0.39 is 0 Å². The molecule has 0 spiro atoms. The van der Waals surface area contributed by atoms with Gasteiger partial charge in [0.1, 0.15) is 5.82 Å². The lowest BCUT2D eigenvalue weighted by atomic mass is 10.1. The molecule has 0 N–H and O–H groups in total. The highest BCUT2D eigenvalue weighted by atomic mass is 32.1. The number of rotatable bonds is 2. The van der Waals surface area contributed by atoms with Crippen LogP contribution in [0, 0.1) is 0 Å². The first-order chi connectivity index (χ1) is 15.9. The van der Waals surface area contributed by atoms with E-state index in [2.05, 4.69) is 101 Å². The summed E-state index contributed by atoms with van der Waals surface area (Å²) in [6, 6.07) is 32.0. The van der Waals surface area contributed by atoms with Crippen molar-refractivity contribution in [2.75, 3.05) is 0 Å². The molecule has 3 nitrogen and oxygen atoms in total. The summed E-state index contributed by atoms with van der Waals surface area (Å²) in [5, 5.41) is 4.99.